The summed E-state index contributed by atoms with van der Waals surface area (Å²) in [6.45, 7) is 8.43. The molecule has 2 aromatic rings. The molecule has 1 aliphatic heterocycles. The minimum absolute atomic E-state index is 0.0318. The summed E-state index contributed by atoms with van der Waals surface area (Å²) in [5, 5.41) is 2.63. The van der Waals surface area contributed by atoms with Crippen molar-refractivity contribution < 1.29 is 36.7 Å². The number of carbonyl (C=O) groups excluding carboxylic acids is 3. The van der Waals surface area contributed by atoms with Crippen LogP contribution in [0.5, 0.6) is 5.75 Å². The quantitative estimate of drug-likeness (QED) is 0.246. The average Bonchev–Trinajstić information content (AvgIpc) is 3.07. The van der Waals surface area contributed by atoms with Crippen molar-refractivity contribution in [2.45, 2.75) is 90.8 Å². The lowest BCUT2D eigenvalue weighted by Gasteiger charge is -2.35. The number of carbonyl (C=O) groups is 3. The van der Waals surface area contributed by atoms with Gasteiger partial charge in [-0.1, -0.05) is 20.3 Å². The number of hydrogen-bond donors (Lipinski definition) is 2. The zero-order valence-electron chi connectivity index (χ0n) is 28.3. The maximum atomic E-state index is 14.5. The van der Waals surface area contributed by atoms with E-state index in [0.717, 1.165) is 37.0 Å². The Morgan fingerprint density at radius 3 is 2.06 bits per heavy atom. The van der Waals surface area contributed by atoms with Gasteiger partial charge in [0.25, 0.3) is 11.8 Å². The lowest BCUT2D eigenvalue weighted by atomic mass is 9.78. The van der Waals surface area contributed by atoms with Crippen LogP contribution in [-0.4, -0.2) is 72.5 Å². The summed E-state index contributed by atoms with van der Waals surface area (Å²) in [4.78, 5) is 42.7. The Morgan fingerprint density at radius 1 is 0.917 bits per heavy atom. The second kappa shape index (κ2) is 15.7. The highest BCUT2D eigenvalue weighted by molar-refractivity contribution is 5.99. The van der Waals surface area contributed by atoms with Gasteiger partial charge in [0.1, 0.15) is 11.6 Å². The van der Waals surface area contributed by atoms with Crippen molar-refractivity contribution in [3.8, 4) is 5.75 Å². The van der Waals surface area contributed by atoms with Gasteiger partial charge in [0, 0.05) is 49.5 Å². The van der Waals surface area contributed by atoms with Gasteiger partial charge in [-0.2, -0.15) is 13.2 Å². The molecule has 0 unspecified atom stereocenters. The predicted octanol–water partition coefficient (Wildman–Crippen LogP) is 7.14. The molecule has 0 radical (unpaired) electrons. The average molecular weight is 677 g/mol. The third-order valence-electron chi connectivity index (χ3n) is 9.63. The third-order valence-corrected chi connectivity index (χ3v) is 9.63. The van der Waals surface area contributed by atoms with Gasteiger partial charge in [0.05, 0.1) is 17.4 Å². The number of alkyl halides is 3. The fraction of sp³-hybridized carbons (Fsp3) is 0.583. The van der Waals surface area contributed by atoms with E-state index < -0.39 is 35.1 Å². The molecule has 0 spiro atoms. The van der Waals surface area contributed by atoms with Crippen LogP contribution in [0, 0.1) is 17.2 Å². The third kappa shape index (κ3) is 9.06. The van der Waals surface area contributed by atoms with Crippen molar-refractivity contribution in [2.75, 3.05) is 38.0 Å². The van der Waals surface area contributed by atoms with Crippen LogP contribution in [0.15, 0.2) is 36.4 Å². The van der Waals surface area contributed by atoms with Crippen LogP contribution in [0.2, 0.25) is 0 Å². The zero-order chi connectivity index (χ0) is 35.2. The first-order valence-electron chi connectivity index (χ1n) is 16.9. The number of nitrogens with one attached hydrogen (secondary N) is 1. The van der Waals surface area contributed by atoms with E-state index in [9.17, 15) is 31.9 Å². The SMILES string of the molecule is CCC[C@@H](CC)Oc1ccc(C(=O)N2CCN(C(=O)c3cc(F)cc(NC(=O)C(C)(C)CN)c3)CC2)cc1C1CCC(C(F)(F)F)CC1. The minimum Gasteiger partial charge on any atom is -0.490 e. The predicted molar refractivity (Wildman–Crippen MR) is 176 cm³/mol. The van der Waals surface area contributed by atoms with Crippen LogP contribution in [0.1, 0.15) is 105 Å². The molecule has 1 heterocycles. The molecule has 3 N–H and O–H groups in total. The van der Waals surface area contributed by atoms with Crippen molar-refractivity contribution in [1.82, 2.24) is 9.80 Å². The molecule has 0 bridgehead atoms. The van der Waals surface area contributed by atoms with Crippen LogP contribution in [0.25, 0.3) is 0 Å². The normalized spacial score (nSPS) is 19.5. The Balaban J connectivity index is 1.46. The fourth-order valence-corrected chi connectivity index (χ4v) is 6.34. The van der Waals surface area contributed by atoms with E-state index in [4.69, 9.17) is 10.5 Å². The highest BCUT2D eigenvalue weighted by Crippen LogP contribution is 2.45. The molecule has 0 aromatic heterocycles. The molecule has 2 fully saturated rings. The lowest BCUT2D eigenvalue weighted by molar-refractivity contribution is -0.182. The van der Waals surface area contributed by atoms with Gasteiger partial charge in [-0.15, -0.1) is 0 Å². The first-order valence-corrected chi connectivity index (χ1v) is 16.9. The van der Waals surface area contributed by atoms with Gasteiger partial charge in [0.2, 0.25) is 5.91 Å². The smallest absolute Gasteiger partial charge is 0.391 e. The molecular weight excluding hydrogens is 628 g/mol. The summed E-state index contributed by atoms with van der Waals surface area (Å²) in [6.07, 6.45) is -0.879. The minimum atomic E-state index is -4.21. The summed E-state index contributed by atoms with van der Waals surface area (Å²) in [6, 6.07) is 8.92. The number of hydrogen-bond acceptors (Lipinski definition) is 5. The van der Waals surface area contributed by atoms with E-state index in [1.54, 1.807) is 36.9 Å². The monoisotopic (exact) mass is 676 g/mol. The summed E-state index contributed by atoms with van der Waals surface area (Å²) < 4.78 is 61.0. The van der Waals surface area contributed by atoms with Crippen LogP contribution in [-0.2, 0) is 4.79 Å². The first kappa shape index (κ1) is 37.2. The van der Waals surface area contributed by atoms with Crippen molar-refractivity contribution in [1.29, 1.82) is 0 Å². The highest BCUT2D eigenvalue weighted by atomic mass is 19.4. The molecule has 12 heteroatoms. The van der Waals surface area contributed by atoms with E-state index in [-0.39, 0.29) is 74.7 Å². The number of nitrogens with two attached hydrogens (primary N) is 1. The zero-order valence-corrected chi connectivity index (χ0v) is 28.3. The van der Waals surface area contributed by atoms with E-state index in [2.05, 4.69) is 12.2 Å². The standard InChI is InChI=1S/C36H48F4N4O4/c1-5-7-29(6-2)48-31-13-10-24(20-30(31)23-8-11-26(12-9-23)36(38,39)40)32(45)43-14-16-44(17-15-43)33(46)25-18-27(37)21-28(19-25)42-34(47)35(3,4)22-41/h10,13,18-21,23,26,29H,5-9,11-12,14-17,22,41H2,1-4H3,(H,42,47)/t23?,26?,29-/m1/s1. The molecule has 1 aliphatic carbocycles. The topological polar surface area (TPSA) is 105 Å². The summed E-state index contributed by atoms with van der Waals surface area (Å²) in [7, 11) is 0. The van der Waals surface area contributed by atoms with Crippen molar-refractivity contribution in [3.63, 3.8) is 0 Å². The first-order chi connectivity index (χ1) is 22.7. The Morgan fingerprint density at radius 2 is 1.52 bits per heavy atom. The van der Waals surface area contributed by atoms with Crippen molar-refractivity contribution in [2.24, 2.45) is 17.1 Å². The number of halogens is 4. The number of rotatable bonds is 11. The molecule has 4 rings (SSSR count). The van der Waals surface area contributed by atoms with Crippen LogP contribution in [0.4, 0.5) is 23.2 Å². The van der Waals surface area contributed by atoms with Gasteiger partial charge in [-0.05, 0) is 100 Å². The molecule has 3 amide bonds. The number of ether oxygens (including phenoxy) is 1. The molecule has 1 saturated heterocycles. The molecule has 1 atom stereocenters. The number of anilines is 1. The fourth-order valence-electron chi connectivity index (χ4n) is 6.34. The second-order valence-electron chi connectivity index (χ2n) is 13.6. The van der Waals surface area contributed by atoms with E-state index in [1.807, 2.05) is 6.92 Å². The molecule has 2 aromatic carbocycles. The highest BCUT2D eigenvalue weighted by Gasteiger charge is 2.42. The molecule has 2 aliphatic rings. The summed E-state index contributed by atoms with van der Waals surface area (Å²) in [5.74, 6) is -2.58. The Labute approximate surface area is 280 Å². The maximum absolute atomic E-state index is 14.5. The largest absolute Gasteiger partial charge is 0.490 e. The number of amides is 3. The van der Waals surface area contributed by atoms with Crippen LogP contribution >= 0.6 is 0 Å². The van der Waals surface area contributed by atoms with Gasteiger partial charge in [0.15, 0.2) is 0 Å². The Bertz CT molecular complexity index is 1450. The van der Waals surface area contributed by atoms with Crippen molar-refractivity contribution in [3.05, 3.63) is 58.9 Å². The molecule has 264 valence electrons. The molecule has 1 saturated carbocycles. The van der Waals surface area contributed by atoms with Gasteiger partial charge in [-0.3, -0.25) is 14.4 Å². The Kier molecular flexibility index (Phi) is 12.1. The van der Waals surface area contributed by atoms with Gasteiger partial charge < -0.3 is 25.6 Å². The summed E-state index contributed by atoms with van der Waals surface area (Å²) >= 11 is 0. The number of benzene rings is 2. The van der Waals surface area contributed by atoms with E-state index in [1.165, 1.54) is 11.0 Å². The van der Waals surface area contributed by atoms with Gasteiger partial charge in [-0.25, -0.2) is 4.39 Å². The summed E-state index contributed by atoms with van der Waals surface area (Å²) in [5.41, 5.74) is 6.20. The number of nitrogens with zero attached hydrogens (tertiary/aromatic N) is 2. The van der Waals surface area contributed by atoms with Crippen LogP contribution in [0.3, 0.4) is 0 Å². The number of piperazine rings is 1. The van der Waals surface area contributed by atoms with Gasteiger partial charge >= 0.3 is 6.18 Å². The van der Waals surface area contributed by atoms with E-state index >= 15 is 0 Å². The molecule has 8 nitrogen and oxygen atoms in total. The second-order valence-corrected chi connectivity index (χ2v) is 13.6. The van der Waals surface area contributed by atoms with Crippen LogP contribution < -0.4 is 15.8 Å². The molecular formula is C36H48F4N4O4. The Hall–Kier alpha value is -3.67. The van der Waals surface area contributed by atoms with E-state index in [0.29, 0.717) is 24.2 Å². The van der Waals surface area contributed by atoms with Crippen molar-refractivity contribution >= 4 is 23.4 Å². The maximum Gasteiger partial charge on any atom is 0.391 e. The lowest BCUT2D eigenvalue weighted by Crippen LogP contribution is -2.50. The molecule has 48 heavy (non-hydrogen) atoms.